The van der Waals surface area contributed by atoms with Gasteiger partial charge < -0.3 is 10.1 Å². The van der Waals surface area contributed by atoms with Crippen LogP contribution in [0.25, 0.3) is 0 Å². The van der Waals surface area contributed by atoms with Crippen molar-refractivity contribution in [3.05, 3.63) is 28.2 Å². The van der Waals surface area contributed by atoms with Crippen LogP contribution in [0.5, 0.6) is 5.75 Å². The zero-order chi connectivity index (χ0) is 15.2. The molecule has 2 nitrogen and oxygen atoms in total. The minimum absolute atomic E-state index is 0.403. The van der Waals surface area contributed by atoms with E-state index in [1.165, 1.54) is 50.5 Å². The van der Waals surface area contributed by atoms with Gasteiger partial charge in [0, 0.05) is 22.1 Å². The summed E-state index contributed by atoms with van der Waals surface area (Å²) in [5.41, 5.74) is 1.67. The summed E-state index contributed by atoms with van der Waals surface area (Å²) < 4.78 is 6.67. The lowest BCUT2D eigenvalue weighted by Gasteiger charge is -2.49. The summed E-state index contributed by atoms with van der Waals surface area (Å²) >= 11 is 3.59. The van der Waals surface area contributed by atoms with Gasteiger partial charge in [-0.1, -0.05) is 28.8 Å². The average Bonchev–Trinajstić information content (AvgIpc) is 2.71. The Labute approximate surface area is 142 Å². The van der Waals surface area contributed by atoms with Crippen molar-refractivity contribution in [3.8, 4) is 5.75 Å². The molecule has 4 fully saturated rings. The Balaban J connectivity index is 1.53. The number of hydrogen-bond acceptors (Lipinski definition) is 2. The van der Waals surface area contributed by atoms with Gasteiger partial charge in [0.25, 0.3) is 0 Å². The van der Waals surface area contributed by atoms with Crippen molar-refractivity contribution < 1.29 is 4.74 Å². The summed E-state index contributed by atoms with van der Waals surface area (Å²) in [6.07, 6.45) is 10.2. The standard InChI is InChI=1S/C19H26BrNO/c1-22-18-5-4-17(20)8-16(18)12-21-19-9-13-2-3-14(10-19)7-15(6-13)11-19/h4-5,8,13-15,21H,2-3,6-7,9-12H2,1H3. The molecule has 1 aromatic rings. The van der Waals surface area contributed by atoms with Gasteiger partial charge in [-0.15, -0.1) is 0 Å². The maximum absolute atomic E-state index is 5.54. The third kappa shape index (κ3) is 2.82. The Hall–Kier alpha value is -0.540. The highest BCUT2D eigenvalue weighted by Gasteiger charge is 2.48. The molecule has 0 heterocycles. The molecule has 2 unspecified atom stereocenters. The first-order valence-corrected chi connectivity index (χ1v) is 9.52. The van der Waals surface area contributed by atoms with E-state index in [1.54, 1.807) is 7.11 Å². The summed E-state index contributed by atoms with van der Waals surface area (Å²) in [5.74, 6) is 3.93. The summed E-state index contributed by atoms with van der Waals surface area (Å²) in [5, 5.41) is 3.98. The number of fused-ring (bicyclic) bond motifs is 1. The first kappa shape index (κ1) is 15.0. The highest BCUT2D eigenvalue weighted by atomic mass is 79.9. The van der Waals surface area contributed by atoms with E-state index < -0.39 is 0 Å². The fraction of sp³-hybridized carbons (Fsp3) is 0.684. The van der Waals surface area contributed by atoms with E-state index in [4.69, 9.17) is 4.74 Å². The summed E-state index contributed by atoms with van der Waals surface area (Å²) in [7, 11) is 1.77. The van der Waals surface area contributed by atoms with Crippen molar-refractivity contribution in [1.29, 1.82) is 0 Å². The minimum Gasteiger partial charge on any atom is -0.496 e. The number of nitrogens with one attached hydrogen (secondary N) is 1. The van der Waals surface area contributed by atoms with Crippen LogP contribution in [-0.2, 0) is 6.54 Å². The molecule has 3 heteroatoms. The Morgan fingerprint density at radius 3 is 2.50 bits per heavy atom. The summed E-state index contributed by atoms with van der Waals surface area (Å²) in [6, 6.07) is 6.31. The molecular formula is C19H26BrNO. The van der Waals surface area contributed by atoms with E-state index in [-0.39, 0.29) is 0 Å². The SMILES string of the molecule is COc1ccc(Br)cc1CNC12CC3CCC(CC(C3)C1)C2. The number of rotatable bonds is 4. The van der Waals surface area contributed by atoms with Gasteiger partial charge in [0.05, 0.1) is 7.11 Å². The minimum atomic E-state index is 0.403. The van der Waals surface area contributed by atoms with Crippen molar-refractivity contribution >= 4 is 15.9 Å². The fourth-order valence-electron chi connectivity index (χ4n) is 5.58. The molecule has 4 aliphatic rings. The maximum atomic E-state index is 5.54. The van der Waals surface area contributed by atoms with Crippen LogP contribution < -0.4 is 10.1 Å². The molecule has 0 aliphatic heterocycles. The summed E-state index contributed by atoms with van der Waals surface area (Å²) in [4.78, 5) is 0. The predicted octanol–water partition coefficient (Wildman–Crippen LogP) is 4.91. The first-order chi connectivity index (χ1) is 10.7. The molecule has 0 spiro atoms. The molecule has 120 valence electrons. The highest BCUT2D eigenvalue weighted by molar-refractivity contribution is 9.10. The van der Waals surface area contributed by atoms with Crippen LogP contribution in [0.4, 0.5) is 0 Å². The monoisotopic (exact) mass is 363 g/mol. The first-order valence-electron chi connectivity index (χ1n) is 8.73. The second kappa shape index (κ2) is 5.83. The molecule has 4 aliphatic carbocycles. The second-order valence-corrected chi connectivity index (χ2v) is 8.76. The molecule has 4 saturated carbocycles. The molecule has 1 N–H and O–H groups in total. The van der Waals surface area contributed by atoms with Crippen LogP contribution in [0.2, 0.25) is 0 Å². The van der Waals surface area contributed by atoms with E-state index in [0.717, 1.165) is 34.5 Å². The van der Waals surface area contributed by atoms with Gasteiger partial charge in [-0.05, 0) is 68.1 Å². The Kier molecular flexibility index (Phi) is 3.98. The van der Waals surface area contributed by atoms with Crippen molar-refractivity contribution in [1.82, 2.24) is 5.32 Å². The highest BCUT2D eigenvalue weighted by Crippen LogP contribution is 2.53. The largest absolute Gasteiger partial charge is 0.496 e. The van der Waals surface area contributed by atoms with E-state index in [1.807, 2.05) is 0 Å². The van der Waals surface area contributed by atoms with E-state index in [0.29, 0.717) is 5.54 Å². The molecule has 4 bridgehead atoms. The van der Waals surface area contributed by atoms with Crippen molar-refractivity contribution in [3.63, 3.8) is 0 Å². The Morgan fingerprint density at radius 1 is 1.14 bits per heavy atom. The van der Waals surface area contributed by atoms with Crippen LogP contribution in [-0.4, -0.2) is 12.6 Å². The van der Waals surface area contributed by atoms with Gasteiger partial charge in [-0.3, -0.25) is 0 Å². The van der Waals surface area contributed by atoms with Crippen molar-refractivity contribution in [2.24, 2.45) is 17.8 Å². The lowest BCUT2D eigenvalue weighted by Crippen LogP contribution is -2.53. The quantitative estimate of drug-likeness (QED) is 0.820. The smallest absolute Gasteiger partial charge is 0.123 e. The van der Waals surface area contributed by atoms with Gasteiger partial charge in [-0.2, -0.15) is 0 Å². The summed E-state index contributed by atoms with van der Waals surface area (Å²) in [6.45, 7) is 0.925. The molecule has 0 aromatic heterocycles. The maximum Gasteiger partial charge on any atom is 0.123 e. The predicted molar refractivity (Wildman–Crippen MR) is 93.1 cm³/mol. The van der Waals surface area contributed by atoms with Gasteiger partial charge in [0.15, 0.2) is 0 Å². The number of ether oxygens (including phenoxy) is 1. The van der Waals surface area contributed by atoms with Gasteiger partial charge in [0.2, 0.25) is 0 Å². The van der Waals surface area contributed by atoms with Crippen LogP contribution in [0.1, 0.15) is 50.5 Å². The molecule has 0 saturated heterocycles. The molecule has 2 atom stereocenters. The van der Waals surface area contributed by atoms with Crippen molar-refractivity contribution in [2.75, 3.05) is 7.11 Å². The molecular weight excluding hydrogens is 338 g/mol. The van der Waals surface area contributed by atoms with Crippen molar-refractivity contribution in [2.45, 2.75) is 57.0 Å². The van der Waals surface area contributed by atoms with E-state index in [2.05, 4.69) is 39.4 Å². The lowest BCUT2D eigenvalue weighted by atomic mass is 9.63. The topological polar surface area (TPSA) is 21.3 Å². The van der Waals surface area contributed by atoms with Crippen LogP contribution >= 0.6 is 15.9 Å². The molecule has 22 heavy (non-hydrogen) atoms. The fourth-order valence-corrected chi connectivity index (χ4v) is 5.98. The second-order valence-electron chi connectivity index (χ2n) is 7.85. The van der Waals surface area contributed by atoms with Crippen LogP contribution in [0.15, 0.2) is 22.7 Å². The molecule has 0 radical (unpaired) electrons. The lowest BCUT2D eigenvalue weighted by molar-refractivity contribution is 0.0717. The van der Waals surface area contributed by atoms with E-state index in [9.17, 15) is 0 Å². The van der Waals surface area contributed by atoms with Crippen LogP contribution in [0, 0.1) is 17.8 Å². The molecule has 1 aromatic carbocycles. The van der Waals surface area contributed by atoms with Gasteiger partial charge in [-0.25, -0.2) is 0 Å². The van der Waals surface area contributed by atoms with Gasteiger partial charge >= 0.3 is 0 Å². The molecule has 5 rings (SSSR count). The third-order valence-electron chi connectivity index (χ3n) is 6.25. The normalized spacial score (nSPS) is 36.4. The number of hydrogen-bond donors (Lipinski definition) is 1. The molecule has 0 amide bonds. The number of methoxy groups -OCH3 is 1. The zero-order valence-electron chi connectivity index (χ0n) is 13.4. The van der Waals surface area contributed by atoms with Crippen LogP contribution in [0.3, 0.4) is 0 Å². The van der Waals surface area contributed by atoms with Gasteiger partial charge in [0.1, 0.15) is 5.75 Å². The number of halogens is 1. The Morgan fingerprint density at radius 2 is 1.82 bits per heavy atom. The zero-order valence-corrected chi connectivity index (χ0v) is 15.0. The average molecular weight is 364 g/mol. The Bertz CT molecular complexity index is 542. The van der Waals surface area contributed by atoms with E-state index >= 15 is 0 Å². The third-order valence-corrected chi connectivity index (χ3v) is 6.74. The number of benzene rings is 1.